The lowest BCUT2D eigenvalue weighted by molar-refractivity contribution is 0.0915. The Labute approximate surface area is 167 Å². The van der Waals surface area contributed by atoms with Crippen LogP contribution in [0.25, 0.3) is 0 Å². The zero-order valence-electron chi connectivity index (χ0n) is 15.9. The molecule has 0 aliphatic heterocycles. The normalized spacial score (nSPS) is 11.4. The molecular weight excluding hydrogens is 386 g/mol. The van der Waals surface area contributed by atoms with Gasteiger partial charge in [-0.2, -0.15) is 0 Å². The standard InChI is InChI=1S/C19H25N3O3S.ClH/c1-13-5-6-14(2)17(11-13)26(24,25)22-16-9-7-15(8-10-16)18(23)21-19(3,4)12-20;/h5-11,22H,12,20H2,1-4H3,(H,21,23);1H. The largest absolute Gasteiger partial charge is 0.346 e. The molecule has 0 unspecified atom stereocenters. The van der Waals surface area contributed by atoms with E-state index in [1.54, 1.807) is 43.3 Å². The van der Waals surface area contributed by atoms with Crippen LogP contribution in [-0.2, 0) is 10.0 Å². The Kier molecular flexibility index (Phi) is 7.42. The molecule has 6 nitrogen and oxygen atoms in total. The van der Waals surface area contributed by atoms with E-state index >= 15 is 0 Å². The van der Waals surface area contributed by atoms with Crippen LogP contribution in [0.2, 0.25) is 0 Å². The van der Waals surface area contributed by atoms with E-state index < -0.39 is 15.6 Å². The summed E-state index contributed by atoms with van der Waals surface area (Å²) in [5.41, 5.74) is 7.46. The van der Waals surface area contributed by atoms with E-state index in [9.17, 15) is 13.2 Å². The highest BCUT2D eigenvalue weighted by atomic mass is 35.5. The number of carbonyl (C=O) groups excluding carboxylic acids is 1. The van der Waals surface area contributed by atoms with Crippen LogP contribution in [0.4, 0.5) is 5.69 Å². The van der Waals surface area contributed by atoms with E-state index in [0.29, 0.717) is 23.4 Å². The molecule has 0 atom stereocenters. The summed E-state index contributed by atoms with van der Waals surface area (Å²) < 4.78 is 27.8. The van der Waals surface area contributed by atoms with Crippen molar-refractivity contribution in [1.29, 1.82) is 0 Å². The van der Waals surface area contributed by atoms with Gasteiger partial charge in [-0.15, -0.1) is 12.4 Å². The van der Waals surface area contributed by atoms with Crippen molar-refractivity contribution in [2.45, 2.75) is 38.1 Å². The summed E-state index contributed by atoms with van der Waals surface area (Å²) in [4.78, 5) is 12.5. The van der Waals surface area contributed by atoms with Crippen LogP contribution >= 0.6 is 12.4 Å². The average Bonchev–Trinajstić information content (AvgIpc) is 2.57. The highest BCUT2D eigenvalue weighted by Gasteiger charge is 2.20. The molecule has 0 aliphatic carbocycles. The molecule has 0 aromatic heterocycles. The predicted octanol–water partition coefficient (Wildman–Crippen LogP) is 2.99. The minimum absolute atomic E-state index is 0. The van der Waals surface area contributed by atoms with Crippen LogP contribution < -0.4 is 15.8 Å². The number of hydrogen-bond donors (Lipinski definition) is 3. The first-order chi connectivity index (χ1) is 12.0. The van der Waals surface area contributed by atoms with Crippen LogP contribution in [0.3, 0.4) is 0 Å². The SMILES string of the molecule is Cc1ccc(C)c(S(=O)(=O)Nc2ccc(C(=O)NC(C)(C)CN)cc2)c1.Cl. The summed E-state index contributed by atoms with van der Waals surface area (Å²) in [6.07, 6.45) is 0. The number of carbonyl (C=O) groups is 1. The van der Waals surface area contributed by atoms with Crippen molar-refractivity contribution in [3.63, 3.8) is 0 Å². The first-order valence-corrected chi connectivity index (χ1v) is 9.75. The van der Waals surface area contributed by atoms with Crippen molar-refractivity contribution in [3.05, 3.63) is 59.2 Å². The topological polar surface area (TPSA) is 101 Å². The van der Waals surface area contributed by atoms with Crippen molar-refractivity contribution in [2.75, 3.05) is 11.3 Å². The third kappa shape index (κ3) is 5.95. The van der Waals surface area contributed by atoms with E-state index in [2.05, 4.69) is 10.0 Å². The van der Waals surface area contributed by atoms with E-state index in [1.165, 1.54) is 0 Å². The van der Waals surface area contributed by atoms with Crippen LogP contribution in [0, 0.1) is 13.8 Å². The van der Waals surface area contributed by atoms with Crippen molar-refractivity contribution in [2.24, 2.45) is 5.73 Å². The zero-order chi connectivity index (χ0) is 19.5. The number of amides is 1. The second-order valence-electron chi connectivity index (χ2n) is 6.99. The minimum Gasteiger partial charge on any atom is -0.346 e. The Balaban J connectivity index is 0.00000364. The molecule has 0 radical (unpaired) electrons. The quantitative estimate of drug-likeness (QED) is 0.680. The Morgan fingerprint density at radius 3 is 2.22 bits per heavy atom. The molecule has 0 saturated heterocycles. The van der Waals surface area contributed by atoms with Crippen molar-refractivity contribution in [1.82, 2.24) is 5.32 Å². The second kappa shape index (κ2) is 8.73. The van der Waals surface area contributed by atoms with E-state index in [4.69, 9.17) is 5.73 Å². The molecule has 2 rings (SSSR count). The molecule has 2 aromatic rings. The molecule has 2 aromatic carbocycles. The van der Waals surface area contributed by atoms with E-state index in [1.807, 2.05) is 26.8 Å². The zero-order valence-corrected chi connectivity index (χ0v) is 17.5. The van der Waals surface area contributed by atoms with Gasteiger partial charge < -0.3 is 11.1 Å². The summed E-state index contributed by atoms with van der Waals surface area (Å²) in [5.74, 6) is -0.260. The van der Waals surface area contributed by atoms with Crippen LogP contribution in [0.5, 0.6) is 0 Å². The first kappa shape index (κ1) is 23.0. The Bertz CT molecular complexity index is 910. The molecule has 0 heterocycles. The van der Waals surface area contributed by atoms with Crippen molar-refractivity contribution >= 4 is 34.0 Å². The van der Waals surface area contributed by atoms with Crippen LogP contribution in [-0.4, -0.2) is 26.4 Å². The van der Waals surface area contributed by atoms with Gasteiger partial charge in [0, 0.05) is 23.3 Å². The Hall–Kier alpha value is -2.09. The Morgan fingerprint density at radius 1 is 1.07 bits per heavy atom. The van der Waals surface area contributed by atoms with Gasteiger partial charge in [0.15, 0.2) is 0 Å². The second-order valence-corrected chi connectivity index (χ2v) is 8.64. The van der Waals surface area contributed by atoms with Gasteiger partial charge in [0.2, 0.25) is 0 Å². The fourth-order valence-electron chi connectivity index (χ4n) is 2.33. The minimum atomic E-state index is -3.70. The lowest BCUT2D eigenvalue weighted by atomic mass is 10.1. The molecule has 0 aliphatic rings. The number of aryl methyl sites for hydroxylation is 2. The first-order valence-electron chi connectivity index (χ1n) is 8.27. The number of nitrogens with two attached hydrogens (primary N) is 1. The smallest absolute Gasteiger partial charge is 0.262 e. The van der Waals surface area contributed by atoms with Gasteiger partial charge in [0.25, 0.3) is 15.9 Å². The third-order valence-electron chi connectivity index (χ3n) is 3.99. The number of anilines is 1. The maximum absolute atomic E-state index is 12.6. The molecule has 0 spiro atoms. The molecule has 27 heavy (non-hydrogen) atoms. The van der Waals surface area contributed by atoms with Gasteiger partial charge in [-0.1, -0.05) is 12.1 Å². The molecule has 1 amide bonds. The fourth-order valence-corrected chi connectivity index (χ4v) is 3.72. The molecule has 148 valence electrons. The highest BCUT2D eigenvalue weighted by Crippen LogP contribution is 2.21. The maximum atomic E-state index is 12.6. The van der Waals surface area contributed by atoms with Gasteiger partial charge in [-0.25, -0.2) is 8.42 Å². The number of benzene rings is 2. The summed E-state index contributed by atoms with van der Waals surface area (Å²) in [6, 6.07) is 11.5. The highest BCUT2D eigenvalue weighted by molar-refractivity contribution is 7.92. The molecule has 0 saturated carbocycles. The number of halogens is 1. The van der Waals surface area contributed by atoms with Crippen molar-refractivity contribution in [3.8, 4) is 0 Å². The summed E-state index contributed by atoms with van der Waals surface area (Å²) in [7, 11) is -3.70. The number of rotatable bonds is 6. The summed E-state index contributed by atoms with van der Waals surface area (Å²) in [6.45, 7) is 7.57. The van der Waals surface area contributed by atoms with Gasteiger partial charge in [0.05, 0.1) is 4.90 Å². The summed E-state index contributed by atoms with van der Waals surface area (Å²) >= 11 is 0. The summed E-state index contributed by atoms with van der Waals surface area (Å²) in [5, 5.41) is 2.83. The van der Waals surface area contributed by atoms with Gasteiger partial charge in [0.1, 0.15) is 0 Å². The number of sulfonamides is 1. The molecule has 0 bridgehead atoms. The monoisotopic (exact) mass is 411 g/mol. The predicted molar refractivity (Wildman–Crippen MR) is 111 cm³/mol. The molecular formula is C19H26ClN3O3S. The van der Waals surface area contributed by atoms with Crippen molar-refractivity contribution < 1.29 is 13.2 Å². The third-order valence-corrected chi connectivity index (χ3v) is 5.52. The molecule has 0 fully saturated rings. The van der Waals surface area contributed by atoms with E-state index in [-0.39, 0.29) is 23.2 Å². The van der Waals surface area contributed by atoms with Gasteiger partial charge in [-0.05, 0) is 69.2 Å². The lowest BCUT2D eigenvalue weighted by Crippen LogP contribution is -2.48. The number of nitrogens with one attached hydrogen (secondary N) is 2. The average molecular weight is 412 g/mol. The van der Waals surface area contributed by atoms with E-state index in [0.717, 1.165) is 5.56 Å². The molecule has 8 heteroatoms. The Morgan fingerprint density at radius 2 is 1.67 bits per heavy atom. The lowest BCUT2D eigenvalue weighted by Gasteiger charge is -2.24. The fraction of sp³-hybridized carbons (Fsp3) is 0.316. The van der Waals surface area contributed by atoms with Gasteiger partial charge in [-0.3, -0.25) is 9.52 Å². The number of hydrogen-bond acceptors (Lipinski definition) is 4. The maximum Gasteiger partial charge on any atom is 0.262 e. The van der Waals surface area contributed by atoms with Gasteiger partial charge >= 0.3 is 0 Å². The molecule has 4 N–H and O–H groups in total. The van der Waals surface area contributed by atoms with Crippen LogP contribution in [0.1, 0.15) is 35.3 Å². The van der Waals surface area contributed by atoms with Crippen LogP contribution in [0.15, 0.2) is 47.4 Å².